The van der Waals surface area contributed by atoms with E-state index in [4.69, 9.17) is 5.73 Å². The lowest BCUT2D eigenvalue weighted by molar-refractivity contribution is 0.0989. The quantitative estimate of drug-likeness (QED) is 0.721. The first-order chi connectivity index (χ1) is 10.2. The Morgan fingerprint density at radius 1 is 1.19 bits per heavy atom. The molecule has 4 heterocycles. The normalized spacial score (nSPS) is 21.8. The molecule has 0 amide bonds. The summed E-state index contributed by atoms with van der Waals surface area (Å²) >= 11 is 2.22. The van der Waals surface area contributed by atoms with Crippen molar-refractivity contribution in [3.05, 3.63) is 10.0 Å². The van der Waals surface area contributed by atoms with Crippen LogP contribution in [0.5, 0.6) is 0 Å². The minimum absolute atomic E-state index is 0.412. The predicted octanol–water partition coefficient (Wildman–Crippen LogP) is 0.622. The van der Waals surface area contributed by atoms with E-state index in [1.807, 2.05) is 0 Å². The molecule has 0 atom stereocenters. The molecule has 0 aromatic carbocycles. The first kappa shape index (κ1) is 13.6. The second kappa shape index (κ2) is 5.33. The lowest BCUT2D eigenvalue weighted by Gasteiger charge is -2.42. The molecule has 0 radical (unpaired) electrons. The third-order valence-electron chi connectivity index (χ3n) is 4.60. The molecule has 0 bridgehead atoms. The number of nitrogen functional groups attached to an aromatic ring is 1. The van der Waals surface area contributed by atoms with Crippen molar-refractivity contribution in [3.63, 3.8) is 0 Å². The number of hydrogen-bond acceptors (Lipinski definition) is 6. The van der Waals surface area contributed by atoms with Crippen LogP contribution in [0.25, 0.3) is 11.0 Å². The molecule has 2 saturated heterocycles. The largest absolute Gasteiger partial charge is 0.383 e. The van der Waals surface area contributed by atoms with E-state index in [1.54, 1.807) is 0 Å². The molecule has 4 rings (SSSR count). The molecule has 2 aliphatic rings. The van der Waals surface area contributed by atoms with Gasteiger partial charge in [-0.25, -0.2) is 14.6 Å². The first-order valence-electron chi connectivity index (χ1n) is 7.33. The molecule has 0 spiro atoms. The maximum absolute atomic E-state index is 5.96. The van der Waals surface area contributed by atoms with Crippen molar-refractivity contribution in [2.24, 2.45) is 0 Å². The van der Waals surface area contributed by atoms with Crippen LogP contribution in [-0.2, 0) is 0 Å². The van der Waals surface area contributed by atoms with Gasteiger partial charge in [0.05, 0.1) is 11.4 Å². The molecule has 0 saturated carbocycles. The fraction of sp³-hybridized carbons (Fsp3) is 0.615. The van der Waals surface area contributed by atoms with Gasteiger partial charge in [-0.1, -0.05) is 0 Å². The van der Waals surface area contributed by atoms with Crippen LogP contribution >= 0.6 is 22.6 Å². The Morgan fingerprint density at radius 3 is 2.62 bits per heavy atom. The zero-order valence-corrected chi connectivity index (χ0v) is 13.8. The van der Waals surface area contributed by atoms with E-state index in [0.29, 0.717) is 11.9 Å². The van der Waals surface area contributed by atoms with E-state index in [0.717, 1.165) is 59.8 Å². The van der Waals surface area contributed by atoms with Gasteiger partial charge < -0.3 is 11.1 Å². The van der Waals surface area contributed by atoms with Crippen molar-refractivity contribution in [2.45, 2.75) is 24.9 Å². The van der Waals surface area contributed by atoms with Gasteiger partial charge in [-0.15, -0.1) is 0 Å². The number of likely N-dealkylation sites (tertiary alicyclic amines) is 1. The predicted molar refractivity (Wildman–Crippen MR) is 89.0 cm³/mol. The molecule has 2 fully saturated rings. The third-order valence-corrected chi connectivity index (χ3v) is 5.35. The summed E-state index contributed by atoms with van der Waals surface area (Å²) in [5.41, 5.74) is 6.83. The number of hydrogen-bond donors (Lipinski definition) is 2. The average molecular weight is 399 g/mol. The van der Waals surface area contributed by atoms with Gasteiger partial charge in [-0.2, -0.15) is 5.10 Å². The number of piperidine rings is 1. The lowest BCUT2D eigenvalue weighted by Crippen LogP contribution is -2.58. The van der Waals surface area contributed by atoms with Crippen LogP contribution in [0.15, 0.2) is 6.33 Å². The van der Waals surface area contributed by atoms with E-state index in [2.05, 4.69) is 52.6 Å². The van der Waals surface area contributed by atoms with Gasteiger partial charge in [0.1, 0.15) is 15.8 Å². The standard InChI is InChI=1S/C13H18IN7/c14-11-10-12(15)17-7-18-13(10)21(19-11)8-1-3-20(4-2-8)9-5-16-6-9/h7-9,16H,1-6H2,(H2,15,17,18). The van der Waals surface area contributed by atoms with Crippen molar-refractivity contribution < 1.29 is 0 Å². The maximum Gasteiger partial charge on any atom is 0.164 e. The summed E-state index contributed by atoms with van der Waals surface area (Å²) in [6.45, 7) is 4.54. The van der Waals surface area contributed by atoms with E-state index in [1.165, 1.54) is 6.33 Å². The number of anilines is 1. The van der Waals surface area contributed by atoms with Crippen LogP contribution in [0.2, 0.25) is 0 Å². The van der Waals surface area contributed by atoms with Crippen molar-refractivity contribution in [1.29, 1.82) is 0 Å². The Morgan fingerprint density at radius 2 is 1.95 bits per heavy atom. The van der Waals surface area contributed by atoms with Crippen molar-refractivity contribution >= 4 is 39.4 Å². The fourth-order valence-corrected chi connectivity index (χ4v) is 3.98. The van der Waals surface area contributed by atoms with Crippen LogP contribution < -0.4 is 11.1 Å². The second-order valence-electron chi connectivity index (χ2n) is 5.77. The maximum atomic E-state index is 5.96. The minimum atomic E-state index is 0.412. The topological polar surface area (TPSA) is 84.9 Å². The SMILES string of the molecule is Nc1ncnc2c1c(I)nn2C1CCN(C2CNC2)CC1. The van der Waals surface area contributed by atoms with Crippen LogP contribution in [0.4, 0.5) is 5.82 Å². The van der Waals surface area contributed by atoms with Gasteiger partial charge >= 0.3 is 0 Å². The Kier molecular flexibility index (Phi) is 3.46. The molecule has 8 heteroatoms. The van der Waals surface area contributed by atoms with Gasteiger partial charge in [-0.3, -0.25) is 4.90 Å². The van der Waals surface area contributed by atoms with Crippen LogP contribution in [0.1, 0.15) is 18.9 Å². The van der Waals surface area contributed by atoms with E-state index in [-0.39, 0.29) is 0 Å². The summed E-state index contributed by atoms with van der Waals surface area (Å²) in [6, 6.07) is 1.15. The highest BCUT2D eigenvalue weighted by molar-refractivity contribution is 14.1. The van der Waals surface area contributed by atoms with Gasteiger partial charge in [0.15, 0.2) is 5.65 Å². The van der Waals surface area contributed by atoms with Gasteiger partial charge in [0.25, 0.3) is 0 Å². The fourth-order valence-electron chi connectivity index (χ4n) is 3.23. The highest BCUT2D eigenvalue weighted by atomic mass is 127. The number of halogens is 1. The number of nitrogens with one attached hydrogen (secondary N) is 1. The summed E-state index contributed by atoms with van der Waals surface area (Å²) < 4.78 is 2.96. The number of rotatable bonds is 2. The Hall–Kier alpha value is -1.00. The van der Waals surface area contributed by atoms with Crippen molar-refractivity contribution in [2.75, 3.05) is 31.9 Å². The van der Waals surface area contributed by atoms with Gasteiger partial charge in [0, 0.05) is 32.2 Å². The average Bonchev–Trinajstić information content (AvgIpc) is 2.77. The number of nitrogens with two attached hydrogens (primary N) is 1. The summed E-state index contributed by atoms with van der Waals surface area (Å²) in [4.78, 5) is 11.1. The van der Waals surface area contributed by atoms with E-state index < -0.39 is 0 Å². The van der Waals surface area contributed by atoms with Crippen molar-refractivity contribution in [1.82, 2.24) is 30.0 Å². The molecular formula is C13H18IN7. The molecule has 0 aliphatic carbocycles. The monoisotopic (exact) mass is 399 g/mol. The van der Waals surface area contributed by atoms with Gasteiger partial charge in [0.2, 0.25) is 0 Å². The van der Waals surface area contributed by atoms with E-state index in [9.17, 15) is 0 Å². The summed E-state index contributed by atoms with van der Waals surface area (Å²) in [5.74, 6) is 0.522. The van der Waals surface area contributed by atoms with Gasteiger partial charge in [-0.05, 0) is 35.4 Å². The summed E-state index contributed by atoms with van der Waals surface area (Å²) in [6.07, 6.45) is 3.77. The number of aromatic nitrogens is 4. The van der Waals surface area contributed by atoms with Crippen LogP contribution in [0, 0.1) is 3.70 Å². The van der Waals surface area contributed by atoms with Crippen molar-refractivity contribution in [3.8, 4) is 0 Å². The molecule has 7 nitrogen and oxygen atoms in total. The van der Waals surface area contributed by atoms with Crippen LogP contribution in [-0.4, -0.2) is 56.9 Å². The Labute approximate surface area is 136 Å². The number of fused-ring (bicyclic) bond motifs is 1. The molecular weight excluding hydrogens is 381 g/mol. The molecule has 0 unspecified atom stereocenters. The van der Waals surface area contributed by atoms with E-state index >= 15 is 0 Å². The smallest absolute Gasteiger partial charge is 0.164 e. The van der Waals surface area contributed by atoms with Crippen LogP contribution in [0.3, 0.4) is 0 Å². The summed E-state index contributed by atoms with van der Waals surface area (Å²) in [5, 5.41) is 8.90. The highest BCUT2D eigenvalue weighted by Gasteiger charge is 2.30. The molecule has 112 valence electrons. The lowest BCUT2D eigenvalue weighted by atomic mass is 10.0. The molecule has 21 heavy (non-hydrogen) atoms. The molecule has 3 N–H and O–H groups in total. The Bertz CT molecular complexity index is 658. The third kappa shape index (κ3) is 2.29. The minimum Gasteiger partial charge on any atom is -0.383 e. The first-order valence-corrected chi connectivity index (χ1v) is 8.41. The zero-order valence-electron chi connectivity index (χ0n) is 11.7. The Balaban J connectivity index is 1.58. The molecule has 2 aromatic heterocycles. The highest BCUT2D eigenvalue weighted by Crippen LogP contribution is 2.30. The number of nitrogens with zero attached hydrogens (tertiary/aromatic N) is 5. The molecule has 2 aliphatic heterocycles. The zero-order chi connectivity index (χ0) is 14.4. The second-order valence-corrected chi connectivity index (χ2v) is 6.79. The summed E-state index contributed by atoms with van der Waals surface area (Å²) in [7, 11) is 0. The molecule has 2 aromatic rings.